The minimum absolute atomic E-state index is 0.176. The Morgan fingerprint density at radius 3 is 2.16 bits per heavy atom. The predicted molar refractivity (Wildman–Crippen MR) is 143 cm³/mol. The highest BCUT2D eigenvalue weighted by Gasteiger charge is 2.50. The summed E-state index contributed by atoms with van der Waals surface area (Å²) in [6.07, 6.45) is 2.92. The van der Waals surface area contributed by atoms with E-state index < -0.39 is 11.9 Å². The molecule has 8 heteroatoms. The van der Waals surface area contributed by atoms with Crippen LogP contribution in [0.5, 0.6) is 11.5 Å². The molecule has 2 aromatic carbocycles. The van der Waals surface area contributed by atoms with Crippen molar-refractivity contribution in [1.82, 2.24) is 9.97 Å². The molecule has 2 saturated heterocycles. The zero-order valence-electron chi connectivity index (χ0n) is 22.2. The van der Waals surface area contributed by atoms with Crippen LogP contribution in [0.2, 0.25) is 0 Å². The maximum Gasteiger partial charge on any atom is 0.190 e. The molecule has 6 rings (SSSR count). The molecule has 3 aromatic rings. The van der Waals surface area contributed by atoms with Crippen LogP contribution in [-0.2, 0) is 10.2 Å². The summed E-state index contributed by atoms with van der Waals surface area (Å²) in [5.41, 5.74) is 8.43. The van der Waals surface area contributed by atoms with Crippen LogP contribution in [0.1, 0.15) is 56.5 Å². The zero-order valence-corrected chi connectivity index (χ0v) is 22.2. The molecule has 1 unspecified atom stereocenters. The Kier molecular flexibility index (Phi) is 6.27. The first-order chi connectivity index (χ1) is 18.2. The van der Waals surface area contributed by atoms with Crippen molar-refractivity contribution in [3.8, 4) is 11.5 Å². The number of hydrogen-bond donors (Lipinski definition) is 1. The highest BCUT2D eigenvalue weighted by Crippen LogP contribution is 2.41. The summed E-state index contributed by atoms with van der Waals surface area (Å²) in [5.74, 6) is 1.46. The minimum atomic E-state index is -0.560. The molecule has 2 aliphatic heterocycles. The van der Waals surface area contributed by atoms with E-state index in [-0.39, 0.29) is 28.7 Å². The molecule has 1 spiro atoms. The third-order valence-corrected chi connectivity index (χ3v) is 8.25. The lowest BCUT2D eigenvalue weighted by molar-refractivity contribution is -0.127. The van der Waals surface area contributed by atoms with Gasteiger partial charge in [-0.25, -0.2) is 14.4 Å². The lowest BCUT2D eigenvalue weighted by Crippen LogP contribution is -2.66. The first kappa shape index (κ1) is 25.1. The van der Waals surface area contributed by atoms with Crippen molar-refractivity contribution in [2.24, 2.45) is 11.1 Å². The Labute approximate surface area is 223 Å². The molecule has 2 N–H and O–H groups in total. The van der Waals surface area contributed by atoms with E-state index in [0.717, 1.165) is 50.5 Å². The van der Waals surface area contributed by atoms with E-state index in [0.29, 0.717) is 11.6 Å². The number of rotatable bonds is 8. The third kappa shape index (κ3) is 4.60. The van der Waals surface area contributed by atoms with Crippen LogP contribution in [0.25, 0.3) is 0 Å². The number of aromatic nitrogens is 2. The van der Waals surface area contributed by atoms with Crippen molar-refractivity contribution in [3.05, 3.63) is 77.5 Å². The fourth-order valence-electron chi connectivity index (χ4n) is 5.59. The van der Waals surface area contributed by atoms with E-state index in [2.05, 4.69) is 48.1 Å². The summed E-state index contributed by atoms with van der Waals surface area (Å²) in [6, 6.07) is 16.6. The van der Waals surface area contributed by atoms with Crippen molar-refractivity contribution in [2.45, 2.75) is 57.3 Å². The average molecular weight is 519 g/mol. The maximum atomic E-state index is 15.3. The van der Waals surface area contributed by atoms with Gasteiger partial charge in [0.1, 0.15) is 35.7 Å². The molecule has 38 heavy (non-hydrogen) atoms. The summed E-state index contributed by atoms with van der Waals surface area (Å²) in [4.78, 5) is 10.4. The number of nitrogens with two attached hydrogens (primary N) is 1. The van der Waals surface area contributed by atoms with Gasteiger partial charge in [-0.3, -0.25) is 0 Å². The molecule has 7 nitrogen and oxygen atoms in total. The fraction of sp³-hybridized carbons (Fsp3) is 0.467. The molecule has 3 heterocycles. The van der Waals surface area contributed by atoms with Gasteiger partial charge in [-0.2, -0.15) is 0 Å². The van der Waals surface area contributed by atoms with E-state index in [4.69, 9.17) is 19.9 Å². The molecule has 0 amide bonds. The summed E-state index contributed by atoms with van der Waals surface area (Å²) in [6.45, 7) is 9.21. The van der Waals surface area contributed by atoms with E-state index in [1.165, 1.54) is 11.9 Å². The van der Waals surface area contributed by atoms with E-state index in [1.807, 2.05) is 36.1 Å². The Bertz CT molecular complexity index is 1280. The molecular weight excluding hydrogens is 483 g/mol. The van der Waals surface area contributed by atoms with Crippen LogP contribution < -0.4 is 20.1 Å². The zero-order chi connectivity index (χ0) is 26.5. The molecule has 1 aromatic heterocycles. The van der Waals surface area contributed by atoms with Crippen LogP contribution in [0.4, 0.5) is 10.2 Å². The van der Waals surface area contributed by atoms with Gasteiger partial charge in [-0.15, -0.1) is 0 Å². The van der Waals surface area contributed by atoms with Gasteiger partial charge in [0.15, 0.2) is 11.6 Å². The van der Waals surface area contributed by atoms with Crippen molar-refractivity contribution >= 4 is 5.82 Å². The Morgan fingerprint density at radius 2 is 1.61 bits per heavy atom. The van der Waals surface area contributed by atoms with Gasteiger partial charge in [0.25, 0.3) is 0 Å². The number of ether oxygens (including phenoxy) is 3. The second kappa shape index (κ2) is 9.50. The van der Waals surface area contributed by atoms with E-state index in [1.54, 1.807) is 0 Å². The average Bonchev–Trinajstić information content (AvgIpc) is 2.83. The summed E-state index contributed by atoms with van der Waals surface area (Å²) in [5, 5.41) is 0. The van der Waals surface area contributed by atoms with Crippen LogP contribution in [-0.4, -0.2) is 48.4 Å². The van der Waals surface area contributed by atoms with Gasteiger partial charge in [0.2, 0.25) is 0 Å². The Hall–Kier alpha value is -3.23. The molecular formula is C30H35FN4O3. The van der Waals surface area contributed by atoms with Gasteiger partial charge >= 0.3 is 0 Å². The number of hydrogen-bond acceptors (Lipinski definition) is 7. The molecule has 0 radical (unpaired) electrons. The molecule has 1 atom stereocenters. The minimum Gasteiger partial charge on any atom is -0.490 e. The largest absolute Gasteiger partial charge is 0.490 e. The van der Waals surface area contributed by atoms with Crippen LogP contribution in [0.3, 0.4) is 0 Å². The summed E-state index contributed by atoms with van der Waals surface area (Å²) >= 11 is 0. The first-order valence-corrected chi connectivity index (χ1v) is 13.4. The molecule has 0 bridgehead atoms. The SMILES string of the molecule is CC(Oc1ccc(C(C)(C)c2ccc(OC3CC(N)C3)cc2)cc1)c1ncnc(N2CC3(COC3)C2)c1F. The molecule has 1 aliphatic carbocycles. The second-order valence-corrected chi connectivity index (χ2v) is 11.7. The van der Waals surface area contributed by atoms with Crippen LogP contribution in [0, 0.1) is 11.2 Å². The number of benzene rings is 2. The number of anilines is 1. The molecule has 1 saturated carbocycles. The van der Waals surface area contributed by atoms with Crippen molar-refractivity contribution in [2.75, 3.05) is 31.2 Å². The normalized spacial score (nSPS) is 22.7. The van der Waals surface area contributed by atoms with Gasteiger partial charge in [-0.05, 0) is 55.2 Å². The van der Waals surface area contributed by atoms with Crippen molar-refractivity contribution in [3.63, 3.8) is 0 Å². The molecule has 3 fully saturated rings. The van der Waals surface area contributed by atoms with Gasteiger partial charge < -0.3 is 24.8 Å². The third-order valence-electron chi connectivity index (χ3n) is 8.25. The Morgan fingerprint density at radius 1 is 1.00 bits per heavy atom. The number of halogens is 1. The first-order valence-electron chi connectivity index (χ1n) is 13.4. The van der Waals surface area contributed by atoms with Gasteiger partial charge in [0, 0.05) is 24.5 Å². The number of nitrogens with zero attached hydrogens (tertiary/aromatic N) is 3. The lowest BCUT2D eigenvalue weighted by Gasteiger charge is -2.55. The topological polar surface area (TPSA) is 82.7 Å². The lowest BCUT2D eigenvalue weighted by atomic mass is 9.78. The van der Waals surface area contributed by atoms with Gasteiger partial charge in [-0.1, -0.05) is 38.1 Å². The fourth-order valence-corrected chi connectivity index (χ4v) is 5.59. The predicted octanol–water partition coefficient (Wildman–Crippen LogP) is 4.79. The standard InChI is InChI=1S/C30H35FN4O3/c1-19(27-26(31)28(34-18-33-27)35-14-30(15-35)16-36-17-30)37-23-8-4-20(5-9-23)29(2,3)21-6-10-24(11-7-21)38-25-12-22(32)13-25/h4-11,18-19,22,25H,12-17,32H2,1-3H3. The van der Waals surface area contributed by atoms with Crippen molar-refractivity contribution in [1.29, 1.82) is 0 Å². The molecule has 200 valence electrons. The second-order valence-electron chi connectivity index (χ2n) is 11.7. The Balaban J connectivity index is 1.10. The highest BCUT2D eigenvalue weighted by molar-refractivity contribution is 5.46. The summed E-state index contributed by atoms with van der Waals surface area (Å²) < 4.78 is 32.7. The highest BCUT2D eigenvalue weighted by atomic mass is 19.1. The smallest absolute Gasteiger partial charge is 0.190 e. The van der Waals surface area contributed by atoms with Crippen LogP contribution in [0.15, 0.2) is 54.9 Å². The van der Waals surface area contributed by atoms with E-state index >= 15 is 4.39 Å². The van der Waals surface area contributed by atoms with E-state index in [9.17, 15) is 0 Å². The summed E-state index contributed by atoms with van der Waals surface area (Å²) in [7, 11) is 0. The van der Waals surface area contributed by atoms with Crippen LogP contribution >= 0.6 is 0 Å². The molecule has 3 aliphatic rings. The van der Waals surface area contributed by atoms with Gasteiger partial charge in [0.05, 0.1) is 18.6 Å². The van der Waals surface area contributed by atoms with Crippen molar-refractivity contribution < 1.29 is 18.6 Å². The maximum absolute atomic E-state index is 15.3. The quantitative estimate of drug-likeness (QED) is 0.459. The monoisotopic (exact) mass is 518 g/mol.